The molecule has 0 unspecified atom stereocenters. The zero-order chi connectivity index (χ0) is 17.2. The summed E-state index contributed by atoms with van der Waals surface area (Å²) in [5, 5.41) is 2.67. The molecule has 1 heterocycles. The average Bonchev–Trinajstić information content (AvgIpc) is 2.94. The Morgan fingerprint density at radius 3 is 2.57 bits per heavy atom. The number of amides is 3. The standard InChI is InChI=1S/C15H19N5O2S/c1-15(2,3)19-9-8-17-13(19)18-14(22)20(23)11-7-5-4-6-10(11)12(16)21/h4-9,23H,1-3H3,(H2,16,21)(H,17,18,22). The Bertz CT molecular complexity index is 735. The van der Waals surface area contributed by atoms with Gasteiger partial charge in [0.2, 0.25) is 5.95 Å². The molecule has 3 N–H and O–H groups in total. The van der Waals surface area contributed by atoms with Crippen molar-refractivity contribution in [2.75, 3.05) is 9.62 Å². The number of rotatable bonds is 3. The van der Waals surface area contributed by atoms with Gasteiger partial charge in [0.15, 0.2) is 0 Å². The third-order valence-electron chi connectivity index (χ3n) is 3.17. The molecule has 0 atom stereocenters. The summed E-state index contributed by atoms with van der Waals surface area (Å²) in [7, 11) is 0. The maximum atomic E-state index is 12.4. The van der Waals surface area contributed by atoms with Crippen molar-refractivity contribution >= 4 is 36.4 Å². The number of nitrogens with one attached hydrogen (secondary N) is 1. The number of carbonyl (C=O) groups is 2. The first-order chi connectivity index (χ1) is 10.7. The second kappa shape index (κ2) is 6.33. The summed E-state index contributed by atoms with van der Waals surface area (Å²) in [5.41, 5.74) is 5.58. The number of benzene rings is 1. The molecule has 1 aromatic carbocycles. The van der Waals surface area contributed by atoms with Crippen molar-refractivity contribution in [2.45, 2.75) is 26.3 Å². The maximum Gasteiger partial charge on any atom is 0.338 e. The van der Waals surface area contributed by atoms with Crippen LogP contribution in [0.15, 0.2) is 36.7 Å². The monoisotopic (exact) mass is 333 g/mol. The first-order valence-electron chi connectivity index (χ1n) is 6.94. The molecule has 122 valence electrons. The molecule has 0 saturated heterocycles. The number of para-hydroxylation sites is 1. The Labute approximate surface area is 140 Å². The molecule has 1 aromatic heterocycles. The van der Waals surface area contributed by atoms with Crippen LogP contribution in [-0.2, 0) is 5.54 Å². The Morgan fingerprint density at radius 2 is 1.96 bits per heavy atom. The molecule has 0 aliphatic rings. The fourth-order valence-corrected chi connectivity index (χ4v) is 2.29. The molecule has 0 spiro atoms. The minimum Gasteiger partial charge on any atom is -0.366 e. The summed E-state index contributed by atoms with van der Waals surface area (Å²) in [6.07, 6.45) is 3.37. The predicted octanol–water partition coefficient (Wildman–Crippen LogP) is 2.62. The molecule has 0 saturated carbocycles. The van der Waals surface area contributed by atoms with E-state index in [1.807, 2.05) is 25.3 Å². The smallest absolute Gasteiger partial charge is 0.338 e. The summed E-state index contributed by atoms with van der Waals surface area (Å²) >= 11 is 4.17. The third-order valence-corrected chi connectivity index (χ3v) is 3.57. The van der Waals surface area contributed by atoms with Crippen LogP contribution in [0.5, 0.6) is 0 Å². The van der Waals surface area contributed by atoms with E-state index in [2.05, 4.69) is 23.1 Å². The highest BCUT2D eigenvalue weighted by Crippen LogP contribution is 2.24. The number of thiol groups is 1. The Hall–Kier alpha value is -2.48. The number of anilines is 2. The fourth-order valence-electron chi connectivity index (χ4n) is 2.06. The number of hydrogen-bond donors (Lipinski definition) is 3. The molecule has 0 radical (unpaired) electrons. The number of hydrogen-bond acceptors (Lipinski definition) is 4. The molecule has 3 amide bonds. The van der Waals surface area contributed by atoms with Crippen LogP contribution in [0.3, 0.4) is 0 Å². The van der Waals surface area contributed by atoms with Crippen molar-refractivity contribution in [3.8, 4) is 0 Å². The van der Waals surface area contributed by atoms with Crippen molar-refractivity contribution < 1.29 is 9.59 Å². The highest BCUT2D eigenvalue weighted by atomic mass is 32.1. The van der Waals surface area contributed by atoms with E-state index in [1.54, 1.807) is 30.6 Å². The van der Waals surface area contributed by atoms with E-state index < -0.39 is 11.9 Å². The fraction of sp³-hybridized carbons (Fsp3) is 0.267. The second-order valence-corrected chi connectivity index (χ2v) is 6.32. The van der Waals surface area contributed by atoms with Crippen molar-refractivity contribution in [3.05, 3.63) is 42.2 Å². The van der Waals surface area contributed by atoms with E-state index in [0.717, 1.165) is 4.31 Å². The van der Waals surface area contributed by atoms with Crippen molar-refractivity contribution in [3.63, 3.8) is 0 Å². The van der Waals surface area contributed by atoms with Crippen LogP contribution in [0, 0.1) is 0 Å². The Balaban J connectivity index is 2.26. The molecule has 23 heavy (non-hydrogen) atoms. The van der Waals surface area contributed by atoms with Gasteiger partial charge < -0.3 is 10.3 Å². The number of nitrogens with two attached hydrogens (primary N) is 1. The predicted molar refractivity (Wildman–Crippen MR) is 92.7 cm³/mol. The van der Waals surface area contributed by atoms with Crippen molar-refractivity contribution in [2.24, 2.45) is 5.73 Å². The molecule has 0 fully saturated rings. The highest BCUT2D eigenvalue weighted by molar-refractivity contribution is 7.82. The van der Waals surface area contributed by atoms with Crippen LogP contribution in [-0.4, -0.2) is 21.5 Å². The molecule has 2 aromatic rings. The average molecular weight is 333 g/mol. The largest absolute Gasteiger partial charge is 0.366 e. The normalized spacial score (nSPS) is 11.1. The molecular formula is C15H19N5O2S. The zero-order valence-electron chi connectivity index (χ0n) is 13.1. The van der Waals surface area contributed by atoms with Gasteiger partial charge in [-0.1, -0.05) is 24.9 Å². The lowest BCUT2D eigenvalue weighted by atomic mass is 10.1. The zero-order valence-corrected chi connectivity index (χ0v) is 14.0. The number of nitrogens with zero attached hydrogens (tertiary/aromatic N) is 3. The van der Waals surface area contributed by atoms with Crippen LogP contribution in [0.25, 0.3) is 0 Å². The van der Waals surface area contributed by atoms with Gasteiger partial charge >= 0.3 is 6.03 Å². The van der Waals surface area contributed by atoms with Crippen LogP contribution < -0.4 is 15.4 Å². The van der Waals surface area contributed by atoms with Gasteiger partial charge in [-0.05, 0) is 32.9 Å². The van der Waals surface area contributed by atoms with Gasteiger partial charge in [0.1, 0.15) is 0 Å². The van der Waals surface area contributed by atoms with Crippen LogP contribution >= 0.6 is 12.8 Å². The molecule has 2 rings (SSSR count). The lowest BCUT2D eigenvalue weighted by Gasteiger charge is -2.24. The topological polar surface area (TPSA) is 93.2 Å². The van der Waals surface area contributed by atoms with Gasteiger partial charge in [-0.25, -0.2) is 14.1 Å². The van der Waals surface area contributed by atoms with Crippen molar-refractivity contribution in [1.29, 1.82) is 0 Å². The Morgan fingerprint density at radius 1 is 1.30 bits per heavy atom. The number of aromatic nitrogens is 2. The Kier molecular flexibility index (Phi) is 4.65. The molecule has 7 nitrogen and oxygen atoms in total. The van der Waals surface area contributed by atoms with E-state index in [1.165, 1.54) is 6.07 Å². The maximum absolute atomic E-state index is 12.4. The highest BCUT2D eigenvalue weighted by Gasteiger charge is 2.22. The molecule has 8 heteroatoms. The van der Waals surface area contributed by atoms with E-state index in [9.17, 15) is 9.59 Å². The minimum absolute atomic E-state index is 0.205. The minimum atomic E-state index is -0.636. The van der Waals surface area contributed by atoms with Gasteiger partial charge in [0.05, 0.1) is 11.3 Å². The molecule has 0 aliphatic heterocycles. The molecular weight excluding hydrogens is 314 g/mol. The molecule has 0 aliphatic carbocycles. The summed E-state index contributed by atoms with van der Waals surface area (Å²) in [6, 6.07) is 5.93. The summed E-state index contributed by atoms with van der Waals surface area (Å²) < 4.78 is 2.86. The van der Waals surface area contributed by atoms with E-state index in [4.69, 9.17) is 5.73 Å². The van der Waals surface area contributed by atoms with Crippen LogP contribution in [0.2, 0.25) is 0 Å². The third kappa shape index (κ3) is 3.65. The number of primary amides is 1. The van der Waals surface area contributed by atoms with Gasteiger partial charge in [-0.3, -0.25) is 10.1 Å². The summed E-state index contributed by atoms with van der Waals surface area (Å²) in [5.74, 6) is -0.248. The van der Waals surface area contributed by atoms with Gasteiger partial charge in [0, 0.05) is 17.9 Å². The lowest BCUT2D eigenvalue weighted by molar-refractivity contribution is 0.100. The first kappa shape index (κ1) is 16.9. The van der Waals surface area contributed by atoms with E-state index in [-0.39, 0.29) is 11.1 Å². The number of urea groups is 1. The molecule has 0 bridgehead atoms. The van der Waals surface area contributed by atoms with Crippen LogP contribution in [0.4, 0.5) is 16.4 Å². The number of imidazole rings is 1. The SMILES string of the molecule is CC(C)(C)n1ccnc1NC(=O)N(S)c1ccccc1C(N)=O. The van der Waals surface area contributed by atoms with E-state index >= 15 is 0 Å². The summed E-state index contributed by atoms with van der Waals surface area (Å²) in [6.45, 7) is 5.97. The second-order valence-electron chi connectivity index (χ2n) is 5.92. The first-order valence-corrected chi connectivity index (χ1v) is 7.34. The number of carbonyl (C=O) groups excluding carboxylic acids is 2. The quantitative estimate of drug-likeness (QED) is 0.754. The van der Waals surface area contributed by atoms with Crippen molar-refractivity contribution in [1.82, 2.24) is 9.55 Å². The van der Waals surface area contributed by atoms with Crippen LogP contribution in [0.1, 0.15) is 31.1 Å². The van der Waals surface area contributed by atoms with Gasteiger partial charge in [0.25, 0.3) is 5.91 Å². The van der Waals surface area contributed by atoms with Gasteiger partial charge in [-0.2, -0.15) is 0 Å². The van der Waals surface area contributed by atoms with Gasteiger partial charge in [-0.15, -0.1) is 0 Å². The summed E-state index contributed by atoms with van der Waals surface area (Å²) in [4.78, 5) is 28.0. The lowest BCUT2D eigenvalue weighted by Crippen LogP contribution is -2.32. The van der Waals surface area contributed by atoms with E-state index in [0.29, 0.717) is 11.6 Å².